The molecule has 23 heavy (non-hydrogen) atoms. The number of para-hydroxylation sites is 1. The van der Waals surface area contributed by atoms with Gasteiger partial charge in [-0.2, -0.15) is 0 Å². The van der Waals surface area contributed by atoms with Crippen LogP contribution in [-0.2, 0) is 13.2 Å². The van der Waals surface area contributed by atoms with Crippen LogP contribution in [0.3, 0.4) is 0 Å². The van der Waals surface area contributed by atoms with Crippen molar-refractivity contribution in [1.29, 1.82) is 0 Å². The van der Waals surface area contributed by atoms with E-state index in [4.69, 9.17) is 4.74 Å². The van der Waals surface area contributed by atoms with E-state index < -0.39 is 13.0 Å². The Labute approximate surface area is 130 Å². The molecule has 120 valence electrons. The number of halogens is 2. The molecule has 5 nitrogen and oxygen atoms in total. The number of aromatic nitrogens is 1. The van der Waals surface area contributed by atoms with E-state index >= 15 is 0 Å². The van der Waals surface area contributed by atoms with Crippen molar-refractivity contribution in [1.82, 2.24) is 10.3 Å². The quantitative estimate of drug-likeness (QED) is 0.885. The van der Waals surface area contributed by atoms with Gasteiger partial charge in [0.05, 0.1) is 18.0 Å². The van der Waals surface area contributed by atoms with E-state index in [1.807, 2.05) is 0 Å². The highest BCUT2D eigenvalue weighted by Crippen LogP contribution is 2.34. The summed E-state index contributed by atoms with van der Waals surface area (Å²) in [6, 6.07) is 8.19. The fourth-order valence-electron chi connectivity index (χ4n) is 2.51. The number of nitrogens with one attached hydrogen (secondary N) is 1. The molecule has 1 aliphatic heterocycles. The number of rotatable bonds is 5. The van der Waals surface area contributed by atoms with Gasteiger partial charge in [0, 0.05) is 23.2 Å². The molecule has 0 atom stereocenters. The molecule has 0 bridgehead atoms. The molecule has 0 saturated carbocycles. The maximum Gasteiger partial charge on any atom is 0.272 e. The van der Waals surface area contributed by atoms with Crippen LogP contribution in [0.4, 0.5) is 8.78 Å². The molecular formula is C16H14F2N2O3. The molecule has 2 N–H and O–H groups in total. The topological polar surface area (TPSA) is 71.5 Å². The second-order valence-corrected chi connectivity index (χ2v) is 5.03. The van der Waals surface area contributed by atoms with Gasteiger partial charge in [-0.3, -0.25) is 4.79 Å². The summed E-state index contributed by atoms with van der Waals surface area (Å²) in [6.07, 6.45) is -2.59. The highest BCUT2D eigenvalue weighted by molar-refractivity contribution is 6.00. The number of fused-ring (bicyclic) bond motifs is 1. The highest BCUT2D eigenvalue weighted by Gasteiger charge is 2.25. The number of alkyl halides is 2. The van der Waals surface area contributed by atoms with Crippen LogP contribution in [0.1, 0.15) is 21.6 Å². The van der Waals surface area contributed by atoms with Gasteiger partial charge in [-0.1, -0.05) is 12.1 Å². The Balaban J connectivity index is 2.10. The molecule has 2 aromatic rings. The van der Waals surface area contributed by atoms with Gasteiger partial charge in [0.25, 0.3) is 12.3 Å². The van der Waals surface area contributed by atoms with Crippen molar-refractivity contribution in [2.45, 2.75) is 19.6 Å². The molecule has 0 saturated heterocycles. The van der Waals surface area contributed by atoms with Crippen LogP contribution in [0.5, 0.6) is 5.75 Å². The van der Waals surface area contributed by atoms with E-state index in [0.29, 0.717) is 34.6 Å². The lowest BCUT2D eigenvalue weighted by Crippen LogP contribution is -2.12. The van der Waals surface area contributed by atoms with Gasteiger partial charge in [-0.15, -0.1) is 0 Å². The Hall–Kier alpha value is -2.54. The number of carbonyl (C=O) groups excluding carboxylic acids is 1. The smallest absolute Gasteiger partial charge is 0.272 e. The number of aliphatic hydroxyl groups is 1. The fourth-order valence-corrected chi connectivity index (χ4v) is 2.51. The standard InChI is InChI=1S/C16H14F2N2O3/c17-14(18)8-23-13-4-2-1-3-10(13)15-12-6-19-16(22)11(12)5-9(7-21)20-15/h1-5,14,21H,6-8H2,(H,19,22). The normalized spacial score (nSPS) is 13.1. The van der Waals surface area contributed by atoms with Crippen molar-refractivity contribution in [3.8, 4) is 17.0 Å². The monoisotopic (exact) mass is 320 g/mol. The third kappa shape index (κ3) is 3.00. The molecule has 0 unspecified atom stereocenters. The summed E-state index contributed by atoms with van der Waals surface area (Å²) >= 11 is 0. The molecule has 7 heteroatoms. The Morgan fingerprint density at radius 3 is 2.83 bits per heavy atom. The Bertz CT molecular complexity index is 750. The minimum atomic E-state index is -2.59. The summed E-state index contributed by atoms with van der Waals surface area (Å²) in [7, 11) is 0. The fraction of sp³-hybridized carbons (Fsp3) is 0.250. The van der Waals surface area contributed by atoms with Crippen LogP contribution in [0.15, 0.2) is 30.3 Å². The molecule has 1 aromatic carbocycles. The average molecular weight is 320 g/mol. The number of carbonyl (C=O) groups is 1. The van der Waals surface area contributed by atoms with Crippen molar-refractivity contribution in [3.63, 3.8) is 0 Å². The first kappa shape index (κ1) is 15.4. The molecule has 0 spiro atoms. The molecule has 1 aliphatic rings. The van der Waals surface area contributed by atoms with Crippen molar-refractivity contribution < 1.29 is 23.4 Å². The van der Waals surface area contributed by atoms with Gasteiger partial charge in [0.15, 0.2) is 0 Å². The highest BCUT2D eigenvalue weighted by atomic mass is 19.3. The van der Waals surface area contributed by atoms with Crippen LogP contribution in [-0.4, -0.2) is 29.0 Å². The molecule has 1 aromatic heterocycles. The largest absolute Gasteiger partial charge is 0.487 e. The van der Waals surface area contributed by atoms with E-state index in [0.717, 1.165) is 0 Å². The first-order chi connectivity index (χ1) is 11.1. The number of hydrogen-bond donors (Lipinski definition) is 2. The second-order valence-electron chi connectivity index (χ2n) is 5.03. The van der Waals surface area contributed by atoms with E-state index in [-0.39, 0.29) is 18.3 Å². The maximum absolute atomic E-state index is 12.4. The molecule has 2 heterocycles. The van der Waals surface area contributed by atoms with Crippen LogP contribution < -0.4 is 10.1 Å². The zero-order valence-electron chi connectivity index (χ0n) is 12.1. The van der Waals surface area contributed by atoms with Gasteiger partial charge >= 0.3 is 0 Å². The van der Waals surface area contributed by atoms with Crippen LogP contribution in [0.25, 0.3) is 11.3 Å². The maximum atomic E-state index is 12.4. The summed E-state index contributed by atoms with van der Waals surface area (Å²) in [6.45, 7) is -0.755. The number of ether oxygens (including phenoxy) is 1. The molecule has 3 rings (SSSR count). The average Bonchev–Trinajstić information content (AvgIpc) is 2.93. The molecule has 0 radical (unpaired) electrons. The van der Waals surface area contributed by atoms with Crippen LogP contribution in [0.2, 0.25) is 0 Å². The number of aliphatic hydroxyl groups excluding tert-OH is 1. The van der Waals surface area contributed by atoms with E-state index in [9.17, 15) is 18.7 Å². The number of amides is 1. The van der Waals surface area contributed by atoms with Crippen molar-refractivity contribution in [3.05, 3.63) is 47.2 Å². The number of hydrogen-bond acceptors (Lipinski definition) is 4. The van der Waals surface area contributed by atoms with Gasteiger partial charge in [0.1, 0.15) is 12.4 Å². The Kier molecular flexibility index (Phi) is 4.20. The lowest BCUT2D eigenvalue weighted by atomic mass is 10.0. The summed E-state index contributed by atoms with van der Waals surface area (Å²) in [5.41, 5.74) is 2.40. The van der Waals surface area contributed by atoms with E-state index in [1.54, 1.807) is 24.3 Å². The van der Waals surface area contributed by atoms with Crippen molar-refractivity contribution in [2.75, 3.05) is 6.61 Å². The van der Waals surface area contributed by atoms with Crippen molar-refractivity contribution >= 4 is 5.91 Å². The lowest BCUT2D eigenvalue weighted by Gasteiger charge is -2.14. The summed E-state index contributed by atoms with van der Waals surface area (Å²) in [5, 5.41) is 12.0. The first-order valence-electron chi connectivity index (χ1n) is 7.02. The van der Waals surface area contributed by atoms with Gasteiger partial charge in [-0.25, -0.2) is 13.8 Å². The summed E-state index contributed by atoms with van der Waals surface area (Å²) in [4.78, 5) is 16.2. The predicted molar refractivity (Wildman–Crippen MR) is 78.3 cm³/mol. The SMILES string of the molecule is O=C1NCc2c1cc(CO)nc2-c1ccccc1OCC(F)F. The first-order valence-corrected chi connectivity index (χ1v) is 7.02. The number of benzene rings is 1. The number of nitrogens with zero attached hydrogens (tertiary/aromatic N) is 1. The summed E-state index contributed by atoms with van der Waals surface area (Å²) < 4.78 is 30.0. The van der Waals surface area contributed by atoms with E-state index in [1.165, 1.54) is 6.07 Å². The predicted octanol–water partition coefficient (Wildman–Crippen LogP) is 2.13. The summed E-state index contributed by atoms with van der Waals surface area (Å²) in [5.74, 6) is 0.0151. The van der Waals surface area contributed by atoms with Crippen molar-refractivity contribution in [2.24, 2.45) is 0 Å². The number of pyridine rings is 1. The molecule has 0 fully saturated rings. The Morgan fingerprint density at radius 1 is 1.30 bits per heavy atom. The zero-order chi connectivity index (χ0) is 16.4. The third-order valence-corrected chi connectivity index (χ3v) is 3.52. The molecular weight excluding hydrogens is 306 g/mol. The lowest BCUT2D eigenvalue weighted by molar-refractivity contribution is 0.0821. The van der Waals surface area contributed by atoms with Gasteiger partial charge < -0.3 is 15.2 Å². The van der Waals surface area contributed by atoms with Crippen LogP contribution >= 0.6 is 0 Å². The van der Waals surface area contributed by atoms with Crippen LogP contribution in [0, 0.1) is 0 Å². The third-order valence-electron chi connectivity index (χ3n) is 3.52. The zero-order valence-corrected chi connectivity index (χ0v) is 12.1. The van der Waals surface area contributed by atoms with Gasteiger partial charge in [-0.05, 0) is 18.2 Å². The molecule has 1 amide bonds. The molecule has 0 aliphatic carbocycles. The Morgan fingerprint density at radius 2 is 2.09 bits per heavy atom. The minimum Gasteiger partial charge on any atom is -0.487 e. The van der Waals surface area contributed by atoms with Gasteiger partial charge in [0.2, 0.25) is 0 Å². The minimum absolute atomic E-state index is 0.246. The second kappa shape index (κ2) is 6.29. The van der Waals surface area contributed by atoms with E-state index in [2.05, 4.69) is 10.3 Å².